The summed E-state index contributed by atoms with van der Waals surface area (Å²) in [7, 11) is 0. The highest BCUT2D eigenvalue weighted by Gasteiger charge is 2.15. The van der Waals surface area contributed by atoms with Gasteiger partial charge in [-0.15, -0.1) is 0 Å². The van der Waals surface area contributed by atoms with E-state index in [-0.39, 0.29) is 23.8 Å². The Morgan fingerprint density at radius 3 is 2.33 bits per heavy atom. The quantitative estimate of drug-likeness (QED) is 0.485. The Morgan fingerprint density at radius 1 is 1.22 bits per heavy atom. The van der Waals surface area contributed by atoms with E-state index < -0.39 is 6.04 Å². The van der Waals surface area contributed by atoms with Crippen LogP contribution in [0.2, 0.25) is 0 Å². The normalized spacial score (nSPS) is 12.9. The van der Waals surface area contributed by atoms with Gasteiger partial charge in [-0.2, -0.15) is 0 Å². The zero-order valence-electron chi connectivity index (χ0n) is 11.6. The Morgan fingerprint density at radius 2 is 1.83 bits per heavy atom. The SMILES string of the molecule is CC(C)(C)CNC(=O)CNC(=O)C(N)CCCN. The van der Waals surface area contributed by atoms with E-state index in [1.54, 1.807) is 0 Å². The first kappa shape index (κ1) is 16.9. The maximum absolute atomic E-state index is 11.5. The third kappa shape index (κ3) is 8.95. The van der Waals surface area contributed by atoms with Crippen molar-refractivity contribution in [3.63, 3.8) is 0 Å². The molecule has 0 saturated carbocycles. The molecule has 0 fully saturated rings. The van der Waals surface area contributed by atoms with Crippen molar-refractivity contribution < 1.29 is 9.59 Å². The molecule has 0 heterocycles. The molecule has 2 amide bonds. The van der Waals surface area contributed by atoms with Crippen LogP contribution in [0.4, 0.5) is 0 Å². The van der Waals surface area contributed by atoms with Crippen LogP contribution in [0.1, 0.15) is 33.6 Å². The van der Waals surface area contributed by atoms with Gasteiger partial charge in [-0.05, 0) is 24.8 Å². The van der Waals surface area contributed by atoms with Gasteiger partial charge in [0.1, 0.15) is 0 Å². The van der Waals surface area contributed by atoms with Crippen molar-refractivity contribution in [2.45, 2.75) is 39.7 Å². The van der Waals surface area contributed by atoms with Gasteiger partial charge in [0.05, 0.1) is 12.6 Å². The molecule has 0 aromatic rings. The molecule has 6 nitrogen and oxygen atoms in total. The first-order valence-corrected chi connectivity index (χ1v) is 6.26. The van der Waals surface area contributed by atoms with Gasteiger partial charge in [0.15, 0.2) is 0 Å². The van der Waals surface area contributed by atoms with Gasteiger partial charge in [-0.3, -0.25) is 9.59 Å². The molecule has 0 rings (SSSR count). The first-order valence-electron chi connectivity index (χ1n) is 6.26. The van der Waals surface area contributed by atoms with Gasteiger partial charge in [0, 0.05) is 6.54 Å². The lowest BCUT2D eigenvalue weighted by Gasteiger charge is -2.19. The summed E-state index contributed by atoms with van der Waals surface area (Å²) in [5.74, 6) is -0.515. The Labute approximate surface area is 109 Å². The minimum atomic E-state index is -0.594. The van der Waals surface area contributed by atoms with E-state index in [9.17, 15) is 9.59 Å². The highest BCUT2D eigenvalue weighted by Crippen LogP contribution is 2.09. The largest absolute Gasteiger partial charge is 0.354 e. The number of nitrogens with two attached hydrogens (primary N) is 2. The molecule has 0 aromatic carbocycles. The summed E-state index contributed by atoms with van der Waals surface area (Å²) in [6.45, 7) is 7.11. The molecule has 1 unspecified atom stereocenters. The second-order valence-electron chi connectivity index (χ2n) is 5.59. The summed E-state index contributed by atoms with van der Waals surface area (Å²) in [6, 6.07) is -0.594. The van der Waals surface area contributed by atoms with Gasteiger partial charge < -0.3 is 22.1 Å². The van der Waals surface area contributed by atoms with Crippen molar-refractivity contribution in [3.8, 4) is 0 Å². The maximum Gasteiger partial charge on any atom is 0.239 e. The van der Waals surface area contributed by atoms with Crippen LogP contribution in [0.5, 0.6) is 0 Å². The van der Waals surface area contributed by atoms with E-state index in [0.29, 0.717) is 25.9 Å². The molecule has 106 valence electrons. The van der Waals surface area contributed by atoms with E-state index in [1.165, 1.54) is 0 Å². The fourth-order valence-corrected chi connectivity index (χ4v) is 1.19. The van der Waals surface area contributed by atoms with Gasteiger partial charge >= 0.3 is 0 Å². The molecular formula is C12H26N4O2. The molecule has 0 aliphatic rings. The summed E-state index contributed by atoms with van der Waals surface area (Å²) in [4.78, 5) is 22.9. The standard InChI is InChI=1S/C12H26N4O2/c1-12(2,3)8-16-10(17)7-15-11(18)9(14)5-4-6-13/h9H,4-8,13-14H2,1-3H3,(H,15,18)(H,16,17). The van der Waals surface area contributed by atoms with E-state index in [0.717, 1.165) is 0 Å². The number of carbonyl (C=O) groups is 2. The van der Waals surface area contributed by atoms with E-state index in [1.807, 2.05) is 20.8 Å². The Bertz CT molecular complexity index is 274. The van der Waals surface area contributed by atoms with Crippen LogP contribution in [-0.2, 0) is 9.59 Å². The molecule has 18 heavy (non-hydrogen) atoms. The smallest absolute Gasteiger partial charge is 0.239 e. The molecule has 0 aromatic heterocycles. The van der Waals surface area contributed by atoms with Gasteiger partial charge in [-0.25, -0.2) is 0 Å². The van der Waals surface area contributed by atoms with Gasteiger partial charge in [0.25, 0.3) is 0 Å². The second-order valence-corrected chi connectivity index (χ2v) is 5.59. The molecule has 0 bridgehead atoms. The maximum atomic E-state index is 11.5. The Balaban J connectivity index is 3.81. The van der Waals surface area contributed by atoms with Gasteiger partial charge in [0.2, 0.25) is 11.8 Å². The van der Waals surface area contributed by atoms with Crippen molar-refractivity contribution in [1.82, 2.24) is 10.6 Å². The fraction of sp³-hybridized carbons (Fsp3) is 0.833. The predicted octanol–water partition coefficient (Wildman–Crippen LogP) is -0.669. The van der Waals surface area contributed by atoms with Crippen molar-refractivity contribution in [2.75, 3.05) is 19.6 Å². The molecule has 1 atom stereocenters. The molecule has 0 spiro atoms. The van der Waals surface area contributed by atoms with E-state index in [4.69, 9.17) is 11.5 Å². The zero-order chi connectivity index (χ0) is 14.2. The topological polar surface area (TPSA) is 110 Å². The molecule has 0 radical (unpaired) electrons. The average Bonchev–Trinajstić information content (AvgIpc) is 2.29. The van der Waals surface area contributed by atoms with E-state index >= 15 is 0 Å². The number of amides is 2. The highest BCUT2D eigenvalue weighted by molar-refractivity contribution is 5.87. The highest BCUT2D eigenvalue weighted by atomic mass is 16.2. The molecular weight excluding hydrogens is 232 g/mol. The summed E-state index contributed by atoms with van der Waals surface area (Å²) in [6.07, 6.45) is 1.23. The Hall–Kier alpha value is -1.14. The third-order valence-electron chi connectivity index (χ3n) is 2.30. The van der Waals surface area contributed by atoms with Crippen LogP contribution < -0.4 is 22.1 Å². The van der Waals surface area contributed by atoms with Crippen LogP contribution in [0.15, 0.2) is 0 Å². The average molecular weight is 258 g/mol. The number of nitrogens with one attached hydrogen (secondary N) is 2. The van der Waals surface area contributed by atoms with Gasteiger partial charge in [-0.1, -0.05) is 20.8 Å². The number of rotatable bonds is 7. The summed E-state index contributed by atoms with van der Waals surface area (Å²) in [5.41, 5.74) is 11.0. The van der Waals surface area contributed by atoms with Crippen molar-refractivity contribution in [1.29, 1.82) is 0 Å². The van der Waals surface area contributed by atoms with E-state index in [2.05, 4.69) is 10.6 Å². The van der Waals surface area contributed by atoms with Crippen LogP contribution in [0.25, 0.3) is 0 Å². The van der Waals surface area contributed by atoms with Crippen LogP contribution in [-0.4, -0.2) is 37.5 Å². The van der Waals surface area contributed by atoms with Crippen molar-refractivity contribution >= 4 is 11.8 Å². The predicted molar refractivity (Wildman–Crippen MR) is 71.7 cm³/mol. The lowest BCUT2D eigenvalue weighted by atomic mass is 9.97. The van der Waals surface area contributed by atoms with Crippen LogP contribution in [0.3, 0.4) is 0 Å². The Kier molecular flexibility index (Phi) is 7.54. The molecule has 0 aliphatic carbocycles. The minimum Gasteiger partial charge on any atom is -0.354 e. The lowest BCUT2D eigenvalue weighted by molar-refractivity contribution is -0.127. The van der Waals surface area contributed by atoms with Crippen LogP contribution >= 0.6 is 0 Å². The zero-order valence-corrected chi connectivity index (χ0v) is 11.6. The van der Waals surface area contributed by atoms with Crippen LogP contribution in [0, 0.1) is 5.41 Å². The number of hydrogen-bond acceptors (Lipinski definition) is 4. The fourth-order valence-electron chi connectivity index (χ4n) is 1.19. The molecule has 0 saturated heterocycles. The lowest BCUT2D eigenvalue weighted by Crippen LogP contribution is -2.46. The van der Waals surface area contributed by atoms with Crippen molar-refractivity contribution in [3.05, 3.63) is 0 Å². The third-order valence-corrected chi connectivity index (χ3v) is 2.30. The second kappa shape index (κ2) is 8.05. The van der Waals surface area contributed by atoms with Crippen molar-refractivity contribution in [2.24, 2.45) is 16.9 Å². The number of hydrogen-bond donors (Lipinski definition) is 4. The minimum absolute atomic E-state index is 0.0250. The first-order chi connectivity index (χ1) is 8.26. The molecule has 6 N–H and O–H groups in total. The molecule has 6 heteroatoms. The monoisotopic (exact) mass is 258 g/mol. The summed E-state index contributed by atoms with van der Waals surface area (Å²) >= 11 is 0. The summed E-state index contributed by atoms with van der Waals surface area (Å²) < 4.78 is 0. The summed E-state index contributed by atoms with van der Waals surface area (Å²) in [5, 5.41) is 5.26. The number of carbonyl (C=O) groups excluding carboxylic acids is 2. The molecule has 0 aliphatic heterocycles.